The highest BCUT2D eigenvalue weighted by Gasteiger charge is 2.41. The van der Waals surface area contributed by atoms with Crippen LogP contribution in [0.2, 0.25) is 0 Å². The van der Waals surface area contributed by atoms with Crippen LogP contribution in [0.25, 0.3) is 10.8 Å². The van der Waals surface area contributed by atoms with Crippen LogP contribution in [0.15, 0.2) is 47.9 Å². The van der Waals surface area contributed by atoms with Gasteiger partial charge in [0, 0.05) is 42.0 Å². The van der Waals surface area contributed by atoms with E-state index in [1.165, 1.54) is 6.08 Å². The van der Waals surface area contributed by atoms with E-state index in [0.29, 0.717) is 5.69 Å². The first kappa shape index (κ1) is 21.8. The fraction of sp³-hybridized carbons (Fsp3) is 0.435. The molecule has 1 saturated heterocycles. The van der Waals surface area contributed by atoms with Crippen molar-refractivity contribution in [1.82, 2.24) is 4.72 Å². The number of carbonyl (C=O) groups is 1. The van der Waals surface area contributed by atoms with Crippen LogP contribution in [0.4, 0.5) is 11.4 Å². The van der Waals surface area contributed by atoms with Gasteiger partial charge in [-0.05, 0) is 74.3 Å². The fourth-order valence-electron chi connectivity index (χ4n) is 4.04. The average molecular weight is 444 g/mol. The molecule has 2 fully saturated rings. The summed E-state index contributed by atoms with van der Waals surface area (Å²) in [5, 5.41) is 13.9. The van der Waals surface area contributed by atoms with Gasteiger partial charge in [-0.15, -0.1) is 0 Å². The largest absolute Gasteiger partial charge is 0.396 e. The predicted molar refractivity (Wildman–Crippen MR) is 123 cm³/mol. The molecule has 8 heteroatoms. The van der Waals surface area contributed by atoms with E-state index in [9.17, 15) is 18.3 Å². The molecule has 0 atom stereocenters. The first-order valence-corrected chi connectivity index (χ1v) is 12.1. The molecule has 31 heavy (non-hydrogen) atoms. The van der Waals surface area contributed by atoms with Crippen molar-refractivity contribution in [1.29, 1.82) is 0 Å². The van der Waals surface area contributed by atoms with E-state index in [1.54, 1.807) is 18.2 Å². The summed E-state index contributed by atoms with van der Waals surface area (Å²) in [5.41, 5.74) is 1.07. The second-order valence-electron chi connectivity index (χ2n) is 8.85. The number of piperidine rings is 1. The van der Waals surface area contributed by atoms with Crippen LogP contribution in [0.1, 0.15) is 32.6 Å². The van der Waals surface area contributed by atoms with Gasteiger partial charge in [-0.1, -0.05) is 12.6 Å². The van der Waals surface area contributed by atoms with E-state index < -0.39 is 10.0 Å². The summed E-state index contributed by atoms with van der Waals surface area (Å²) < 4.78 is 29.1. The minimum Gasteiger partial charge on any atom is -0.396 e. The minimum absolute atomic E-state index is 0.178. The molecule has 7 nitrogen and oxygen atoms in total. The standard InChI is InChI=1S/C23H29N3O4S/c1-3-22(28)24-18-4-5-20-17(12-18)13-19(31(29,30)25-23(2)8-9-23)14-21(20)26-10-6-16(15-27)7-11-26/h3-5,12-14,16,25,27H,1,6-11,15H2,2H3,(H,24,28). The lowest BCUT2D eigenvalue weighted by Crippen LogP contribution is -2.36. The van der Waals surface area contributed by atoms with Crippen molar-refractivity contribution in [3.05, 3.63) is 43.0 Å². The predicted octanol–water partition coefficient (Wildman–Crippen LogP) is 3.00. The lowest BCUT2D eigenvalue weighted by molar-refractivity contribution is -0.111. The topological polar surface area (TPSA) is 98.7 Å². The SMILES string of the molecule is C=CC(=O)Nc1ccc2c(N3CCC(CO)CC3)cc(S(=O)(=O)NC3(C)CC3)cc2c1. The highest BCUT2D eigenvalue weighted by Crippen LogP contribution is 2.38. The van der Waals surface area contributed by atoms with Gasteiger partial charge in [-0.2, -0.15) is 0 Å². The Balaban J connectivity index is 1.78. The van der Waals surface area contributed by atoms with Gasteiger partial charge in [0.2, 0.25) is 15.9 Å². The number of amides is 1. The second kappa shape index (κ2) is 8.26. The maximum absolute atomic E-state index is 13.1. The number of hydrogen-bond acceptors (Lipinski definition) is 5. The van der Waals surface area contributed by atoms with Crippen molar-refractivity contribution >= 4 is 38.1 Å². The Morgan fingerprint density at radius 3 is 2.58 bits per heavy atom. The summed E-state index contributed by atoms with van der Waals surface area (Å²) in [5.74, 6) is -0.0376. The van der Waals surface area contributed by atoms with Crippen molar-refractivity contribution in [2.45, 2.75) is 43.0 Å². The molecule has 0 bridgehead atoms. The smallest absolute Gasteiger partial charge is 0.247 e. The molecule has 1 heterocycles. The first-order chi connectivity index (χ1) is 14.7. The van der Waals surface area contributed by atoms with Gasteiger partial charge in [-0.25, -0.2) is 13.1 Å². The number of nitrogens with one attached hydrogen (secondary N) is 2. The Morgan fingerprint density at radius 2 is 1.97 bits per heavy atom. The number of hydrogen-bond donors (Lipinski definition) is 3. The van der Waals surface area contributed by atoms with Gasteiger partial charge in [-0.3, -0.25) is 4.79 Å². The van der Waals surface area contributed by atoms with Gasteiger partial charge in [0.25, 0.3) is 0 Å². The van der Waals surface area contributed by atoms with E-state index in [4.69, 9.17) is 0 Å². The minimum atomic E-state index is -3.68. The van der Waals surface area contributed by atoms with E-state index >= 15 is 0 Å². The van der Waals surface area contributed by atoms with Crippen molar-refractivity contribution < 1.29 is 18.3 Å². The van der Waals surface area contributed by atoms with Gasteiger partial charge < -0.3 is 15.3 Å². The molecular formula is C23H29N3O4S. The Bertz CT molecular complexity index is 1120. The lowest BCUT2D eigenvalue weighted by atomic mass is 9.96. The highest BCUT2D eigenvalue weighted by atomic mass is 32.2. The summed E-state index contributed by atoms with van der Waals surface area (Å²) in [7, 11) is -3.68. The van der Waals surface area contributed by atoms with E-state index in [1.807, 2.05) is 19.1 Å². The summed E-state index contributed by atoms with van der Waals surface area (Å²) in [6.07, 6.45) is 4.58. The van der Waals surface area contributed by atoms with Crippen LogP contribution in [-0.2, 0) is 14.8 Å². The summed E-state index contributed by atoms with van der Waals surface area (Å²) in [4.78, 5) is 14.1. The van der Waals surface area contributed by atoms with Crippen molar-refractivity contribution in [3.63, 3.8) is 0 Å². The third kappa shape index (κ3) is 4.76. The number of aliphatic hydroxyl groups is 1. The highest BCUT2D eigenvalue weighted by molar-refractivity contribution is 7.89. The van der Waals surface area contributed by atoms with E-state index in [-0.39, 0.29) is 28.9 Å². The van der Waals surface area contributed by atoms with Crippen LogP contribution in [0, 0.1) is 5.92 Å². The maximum Gasteiger partial charge on any atom is 0.247 e. The number of fused-ring (bicyclic) bond motifs is 1. The van der Waals surface area contributed by atoms with Gasteiger partial charge in [0.1, 0.15) is 0 Å². The number of anilines is 2. The molecule has 2 aromatic rings. The third-order valence-electron chi connectivity index (χ3n) is 6.26. The average Bonchev–Trinajstić information content (AvgIpc) is 3.48. The molecule has 1 amide bonds. The summed E-state index contributed by atoms with van der Waals surface area (Å²) >= 11 is 0. The number of carbonyl (C=O) groups excluding carboxylic acids is 1. The third-order valence-corrected chi connectivity index (χ3v) is 7.88. The Morgan fingerprint density at radius 1 is 1.26 bits per heavy atom. The van der Waals surface area contributed by atoms with Crippen LogP contribution >= 0.6 is 0 Å². The number of sulfonamides is 1. The molecular weight excluding hydrogens is 414 g/mol. The van der Waals surface area contributed by atoms with Crippen LogP contribution in [0.5, 0.6) is 0 Å². The molecule has 2 aromatic carbocycles. The second-order valence-corrected chi connectivity index (χ2v) is 10.5. The Labute approximate surface area is 183 Å². The molecule has 4 rings (SSSR count). The number of nitrogens with zero attached hydrogens (tertiary/aromatic N) is 1. The number of benzene rings is 2. The van der Waals surface area contributed by atoms with Crippen LogP contribution in [-0.4, -0.2) is 44.7 Å². The Kier molecular flexibility index (Phi) is 5.81. The molecule has 1 saturated carbocycles. The molecule has 1 aliphatic carbocycles. The van der Waals surface area contributed by atoms with Crippen molar-refractivity contribution in [2.75, 3.05) is 29.9 Å². The zero-order valence-electron chi connectivity index (χ0n) is 17.7. The Hall–Kier alpha value is -2.42. The van der Waals surface area contributed by atoms with Crippen molar-refractivity contribution in [3.8, 4) is 0 Å². The monoisotopic (exact) mass is 443 g/mol. The quantitative estimate of drug-likeness (QED) is 0.572. The fourth-order valence-corrected chi connectivity index (χ4v) is 5.56. The molecule has 3 N–H and O–H groups in total. The van der Waals surface area contributed by atoms with Gasteiger partial charge >= 0.3 is 0 Å². The maximum atomic E-state index is 13.1. The number of rotatable bonds is 7. The zero-order chi connectivity index (χ0) is 22.2. The van der Waals surface area contributed by atoms with E-state index in [2.05, 4.69) is 21.5 Å². The molecule has 0 radical (unpaired) electrons. The van der Waals surface area contributed by atoms with Crippen LogP contribution in [0.3, 0.4) is 0 Å². The lowest BCUT2D eigenvalue weighted by Gasteiger charge is -2.34. The summed E-state index contributed by atoms with van der Waals surface area (Å²) in [6.45, 7) is 7.07. The molecule has 1 aliphatic heterocycles. The van der Waals surface area contributed by atoms with Gasteiger partial charge in [0.15, 0.2) is 0 Å². The molecule has 2 aliphatic rings. The number of aliphatic hydroxyl groups excluding tert-OH is 1. The van der Waals surface area contributed by atoms with Crippen molar-refractivity contribution in [2.24, 2.45) is 5.92 Å². The normalized spacial score (nSPS) is 18.7. The molecule has 0 unspecified atom stereocenters. The van der Waals surface area contributed by atoms with Crippen LogP contribution < -0.4 is 14.9 Å². The zero-order valence-corrected chi connectivity index (χ0v) is 18.5. The summed E-state index contributed by atoms with van der Waals surface area (Å²) in [6, 6.07) is 8.92. The van der Waals surface area contributed by atoms with Gasteiger partial charge in [0.05, 0.1) is 4.90 Å². The first-order valence-electron chi connectivity index (χ1n) is 10.6. The van der Waals surface area contributed by atoms with E-state index in [0.717, 1.165) is 55.2 Å². The molecule has 166 valence electrons. The molecule has 0 spiro atoms. The molecule has 0 aromatic heterocycles.